The van der Waals surface area contributed by atoms with Gasteiger partial charge in [0, 0.05) is 42.4 Å². The number of H-pyrrole nitrogens is 1. The third-order valence-electron chi connectivity index (χ3n) is 5.60. The van der Waals surface area contributed by atoms with Gasteiger partial charge in [0.15, 0.2) is 5.65 Å². The first kappa shape index (κ1) is 17.5. The van der Waals surface area contributed by atoms with Gasteiger partial charge < -0.3 is 13.9 Å². The van der Waals surface area contributed by atoms with Crippen molar-refractivity contribution in [3.8, 4) is 22.4 Å². The number of hydrogen-bond donors (Lipinski definition) is 1. The van der Waals surface area contributed by atoms with Crippen LogP contribution in [0.4, 0.5) is 5.69 Å². The van der Waals surface area contributed by atoms with Crippen molar-refractivity contribution in [1.82, 2.24) is 24.5 Å². The maximum absolute atomic E-state index is 5.00. The predicted molar refractivity (Wildman–Crippen MR) is 123 cm³/mol. The smallest absolute Gasteiger partial charge is 0.156 e. The molecule has 0 amide bonds. The highest BCUT2D eigenvalue weighted by Crippen LogP contribution is 2.33. The summed E-state index contributed by atoms with van der Waals surface area (Å²) >= 11 is 1.89. The van der Waals surface area contributed by atoms with Crippen molar-refractivity contribution in [1.29, 1.82) is 0 Å². The number of fused-ring (bicyclic) bond motifs is 2. The zero-order valence-electron chi connectivity index (χ0n) is 16.5. The Morgan fingerprint density at radius 2 is 2.03 bits per heavy atom. The van der Waals surface area contributed by atoms with Gasteiger partial charge in [-0.1, -0.05) is 18.2 Å². The van der Waals surface area contributed by atoms with E-state index in [2.05, 4.69) is 61.7 Å². The van der Waals surface area contributed by atoms with E-state index in [4.69, 9.17) is 4.98 Å². The Morgan fingerprint density at radius 1 is 1.07 bits per heavy atom. The predicted octanol–water partition coefficient (Wildman–Crippen LogP) is 5.04. The molecule has 0 spiro atoms. The van der Waals surface area contributed by atoms with Crippen molar-refractivity contribution in [2.24, 2.45) is 7.05 Å². The third-order valence-corrected chi connectivity index (χ3v) is 6.78. The number of aromatic nitrogens is 5. The van der Waals surface area contributed by atoms with E-state index in [9.17, 15) is 0 Å². The molecule has 6 nitrogen and oxygen atoms in total. The van der Waals surface area contributed by atoms with Crippen LogP contribution in [-0.4, -0.2) is 36.8 Å². The maximum Gasteiger partial charge on any atom is 0.156 e. The molecule has 0 saturated carbocycles. The topological polar surface area (TPSA) is 62.6 Å². The van der Waals surface area contributed by atoms with Crippen LogP contribution < -0.4 is 4.31 Å². The minimum absolute atomic E-state index is 0.796. The van der Waals surface area contributed by atoms with Crippen LogP contribution in [0.5, 0.6) is 0 Å². The number of anilines is 1. The molecule has 1 aliphatic rings. The van der Waals surface area contributed by atoms with E-state index < -0.39 is 0 Å². The first-order valence-corrected chi connectivity index (χ1v) is 11.0. The molecule has 1 aliphatic heterocycles. The Labute approximate surface area is 178 Å². The van der Waals surface area contributed by atoms with Crippen molar-refractivity contribution in [2.45, 2.75) is 6.42 Å². The fourth-order valence-corrected chi connectivity index (χ4v) is 5.02. The molecule has 4 heterocycles. The van der Waals surface area contributed by atoms with Crippen LogP contribution in [-0.2, 0) is 7.05 Å². The van der Waals surface area contributed by atoms with E-state index >= 15 is 0 Å². The molecule has 30 heavy (non-hydrogen) atoms. The van der Waals surface area contributed by atoms with E-state index in [1.54, 1.807) is 0 Å². The van der Waals surface area contributed by atoms with E-state index in [1.807, 2.05) is 42.3 Å². The van der Waals surface area contributed by atoms with Crippen molar-refractivity contribution in [3.05, 3.63) is 61.2 Å². The summed E-state index contributed by atoms with van der Waals surface area (Å²) in [5.74, 6) is 1.18. The van der Waals surface area contributed by atoms with E-state index in [0.29, 0.717) is 0 Å². The molecule has 6 rings (SSSR count). The summed E-state index contributed by atoms with van der Waals surface area (Å²) in [5.41, 5.74) is 9.12. The Morgan fingerprint density at radius 3 is 2.93 bits per heavy atom. The van der Waals surface area contributed by atoms with E-state index in [-0.39, 0.29) is 0 Å². The molecular weight excluding hydrogens is 392 g/mol. The number of nitrogens with one attached hydrogen (secondary N) is 1. The fourth-order valence-electron chi connectivity index (χ4n) is 4.02. The van der Waals surface area contributed by atoms with Gasteiger partial charge in [0.25, 0.3) is 0 Å². The average Bonchev–Trinajstić information content (AvgIpc) is 3.54. The minimum atomic E-state index is 0.796. The fraction of sp³-hybridized carbons (Fsp3) is 0.174. The van der Waals surface area contributed by atoms with Gasteiger partial charge in [-0.3, -0.25) is 0 Å². The second kappa shape index (κ2) is 6.88. The second-order valence-electron chi connectivity index (χ2n) is 7.55. The van der Waals surface area contributed by atoms with Gasteiger partial charge in [-0.2, -0.15) is 0 Å². The van der Waals surface area contributed by atoms with Crippen LogP contribution in [0, 0.1) is 0 Å². The number of aryl methyl sites for hydroxylation is 1. The highest BCUT2D eigenvalue weighted by Gasteiger charge is 2.15. The normalized spacial score (nSPS) is 14.2. The van der Waals surface area contributed by atoms with Crippen molar-refractivity contribution in [3.63, 3.8) is 0 Å². The minimum Gasteiger partial charge on any atom is -0.344 e. The lowest BCUT2D eigenvalue weighted by atomic mass is 10.1. The van der Waals surface area contributed by atoms with E-state index in [1.165, 1.54) is 17.9 Å². The van der Waals surface area contributed by atoms with Crippen LogP contribution in [0.25, 0.3) is 44.6 Å². The zero-order valence-corrected chi connectivity index (χ0v) is 17.4. The summed E-state index contributed by atoms with van der Waals surface area (Å²) < 4.78 is 4.40. The number of imidazole rings is 1. The number of benzene rings is 2. The lowest BCUT2D eigenvalue weighted by Crippen LogP contribution is -2.08. The summed E-state index contributed by atoms with van der Waals surface area (Å²) in [6.45, 7) is 1.09. The highest BCUT2D eigenvalue weighted by atomic mass is 32.2. The molecule has 0 unspecified atom stereocenters. The first-order valence-electron chi connectivity index (χ1n) is 10.0. The van der Waals surface area contributed by atoms with Gasteiger partial charge in [-0.15, -0.1) is 0 Å². The molecule has 0 aliphatic carbocycles. The molecular formula is C23H20N6S. The van der Waals surface area contributed by atoms with Crippen LogP contribution in [0.3, 0.4) is 0 Å². The molecule has 1 N–H and O–H groups in total. The maximum atomic E-state index is 5.00. The molecule has 0 radical (unpaired) electrons. The van der Waals surface area contributed by atoms with Crippen molar-refractivity contribution < 1.29 is 0 Å². The quantitative estimate of drug-likeness (QED) is 0.421. The van der Waals surface area contributed by atoms with Crippen molar-refractivity contribution >= 4 is 39.8 Å². The second-order valence-corrected chi connectivity index (χ2v) is 8.66. The first-order chi connectivity index (χ1) is 14.8. The van der Waals surface area contributed by atoms with Crippen LogP contribution in [0.15, 0.2) is 61.2 Å². The molecule has 1 saturated heterocycles. The molecule has 0 atom stereocenters. The number of aromatic amines is 1. The summed E-state index contributed by atoms with van der Waals surface area (Å²) in [7, 11) is 2.01. The lowest BCUT2D eigenvalue weighted by molar-refractivity contribution is 0.948. The van der Waals surface area contributed by atoms with Crippen LogP contribution in [0.1, 0.15) is 6.42 Å². The molecule has 148 valence electrons. The summed E-state index contributed by atoms with van der Waals surface area (Å²) in [4.78, 5) is 17.3. The number of hydrogen-bond acceptors (Lipinski definition) is 5. The Hall–Kier alpha value is -3.32. The van der Waals surface area contributed by atoms with Gasteiger partial charge >= 0.3 is 0 Å². The summed E-state index contributed by atoms with van der Waals surface area (Å²) in [6, 6.07) is 14.9. The molecule has 1 fully saturated rings. The van der Waals surface area contributed by atoms with Gasteiger partial charge in [0.1, 0.15) is 5.52 Å². The summed E-state index contributed by atoms with van der Waals surface area (Å²) in [6.07, 6.45) is 6.91. The van der Waals surface area contributed by atoms with Crippen LogP contribution in [0.2, 0.25) is 0 Å². The molecule has 2 aromatic carbocycles. The zero-order chi connectivity index (χ0) is 20.1. The highest BCUT2D eigenvalue weighted by molar-refractivity contribution is 8.00. The molecule has 0 bridgehead atoms. The Balaban J connectivity index is 1.45. The molecule has 5 aromatic rings. The van der Waals surface area contributed by atoms with E-state index in [0.717, 1.165) is 51.1 Å². The monoisotopic (exact) mass is 412 g/mol. The summed E-state index contributed by atoms with van der Waals surface area (Å²) in [5, 5.41) is 0. The van der Waals surface area contributed by atoms with Gasteiger partial charge in [-0.25, -0.2) is 15.0 Å². The Bertz CT molecular complexity index is 1380. The average molecular weight is 413 g/mol. The standard InChI is InChI=1S/C23H20N6S/c1-28-14-26-19-7-6-15(11-21(19)28)18-12-24-23-22(18)27-20(13-25-23)16-4-2-5-17(10-16)29-8-3-9-30-29/h2,4-7,10-14H,3,8-9H2,1H3,(H,24,25). The van der Waals surface area contributed by atoms with Gasteiger partial charge in [0.05, 0.1) is 29.3 Å². The largest absolute Gasteiger partial charge is 0.344 e. The van der Waals surface area contributed by atoms with Crippen LogP contribution >= 0.6 is 11.9 Å². The SMILES string of the molecule is Cn1cnc2ccc(-c3c[nH]c4ncc(-c5cccc(N6CCCS6)c5)nc34)cc21. The van der Waals surface area contributed by atoms with Gasteiger partial charge in [0.2, 0.25) is 0 Å². The van der Waals surface area contributed by atoms with Crippen molar-refractivity contribution in [2.75, 3.05) is 16.6 Å². The third kappa shape index (κ3) is 2.85. The number of nitrogens with zero attached hydrogens (tertiary/aromatic N) is 5. The lowest BCUT2D eigenvalue weighted by Gasteiger charge is -2.16. The Kier molecular flexibility index (Phi) is 4.02. The molecule has 3 aromatic heterocycles. The van der Waals surface area contributed by atoms with Gasteiger partial charge in [-0.05, 0) is 48.2 Å². The molecule has 7 heteroatoms. The number of rotatable bonds is 3.